The molecule has 1 aromatic carbocycles. The normalized spacial score (nSPS) is 30.2. The summed E-state index contributed by atoms with van der Waals surface area (Å²) >= 11 is 0. The lowest BCUT2D eigenvalue weighted by molar-refractivity contribution is -0.156. The molecule has 5 atom stereocenters. The molecule has 6 heteroatoms. The van der Waals surface area contributed by atoms with Gasteiger partial charge in [-0.25, -0.2) is 0 Å². The number of carbonyl (C=O) groups is 1. The van der Waals surface area contributed by atoms with Crippen molar-refractivity contribution in [2.45, 2.75) is 69.7 Å². The molecule has 0 radical (unpaired) electrons. The van der Waals surface area contributed by atoms with Crippen LogP contribution >= 0.6 is 0 Å². The second-order valence-electron chi connectivity index (χ2n) is 9.79. The van der Waals surface area contributed by atoms with E-state index in [4.69, 9.17) is 13.9 Å². The molecule has 2 aliphatic rings. The number of hydrogen-bond donors (Lipinski definition) is 1. The second kappa shape index (κ2) is 7.98. The van der Waals surface area contributed by atoms with Crippen LogP contribution in [-0.4, -0.2) is 51.3 Å². The minimum atomic E-state index is -2.03. The standard InChI is InChI=1S/C23H35NO4Si/c1-8-16(2)23-15-26-19(20(23)28-29(6,7)22(3,4)5)18(27-23)14-24-21(25)17-12-10-9-11-13-17/h8-13,16,18-20H,1,14-15H2,2-7H3,(H,24,25). The second-order valence-corrected chi connectivity index (χ2v) is 14.5. The van der Waals surface area contributed by atoms with Gasteiger partial charge in [0.25, 0.3) is 5.91 Å². The van der Waals surface area contributed by atoms with Crippen molar-refractivity contribution in [3.63, 3.8) is 0 Å². The number of nitrogens with one attached hydrogen (secondary N) is 1. The van der Waals surface area contributed by atoms with Crippen LogP contribution in [0.4, 0.5) is 0 Å². The van der Waals surface area contributed by atoms with E-state index in [1.165, 1.54) is 0 Å². The summed E-state index contributed by atoms with van der Waals surface area (Å²) in [5.74, 6) is -0.0262. The summed E-state index contributed by atoms with van der Waals surface area (Å²) in [6.07, 6.45) is 1.32. The first-order valence-corrected chi connectivity index (χ1v) is 13.4. The smallest absolute Gasteiger partial charge is 0.251 e. The Hall–Kier alpha value is -1.47. The lowest BCUT2D eigenvalue weighted by atomic mass is 9.86. The minimum absolute atomic E-state index is 0.0806. The van der Waals surface area contributed by atoms with Crippen molar-refractivity contribution in [2.75, 3.05) is 13.2 Å². The van der Waals surface area contributed by atoms with Gasteiger partial charge in [-0.05, 0) is 30.3 Å². The van der Waals surface area contributed by atoms with Crippen LogP contribution in [0.25, 0.3) is 0 Å². The third kappa shape index (κ3) is 4.08. The maximum atomic E-state index is 12.5. The van der Waals surface area contributed by atoms with Gasteiger partial charge in [0.1, 0.15) is 23.9 Å². The molecule has 0 saturated carbocycles. The van der Waals surface area contributed by atoms with E-state index in [0.29, 0.717) is 18.7 Å². The first kappa shape index (κ1) is 22.2. The third-order valence-corrected chi connectivity index (χ3v) is 11.3. The van der Waals surface area contributed by atoms with Crippen LogP contribution in [0.1, 0.15) is 38.1 Å². The van der Waals surface area contributed by atoms with Crippen LogP contribution in [0.3, 0.4) is 0 Å². The molecule has 5 nitrogen and oxygen atoms in total. The number of rotatable bonds is 7. The average Bonchev–Trinajstić information content (AvgIpc) is 3.17. The van der Waals surface area contributed by atoms with Gasteiger partial charge >= 0.3 is 0 Å². The van der Waals surface area contributed by atoms with Gasteiger partial charge in [0, 0.05) is 18.0 Å². The lowest BCUT2D eigenvalue weighted by Gasteiger charge is -2.42. The van der Waals surface area contributed by atoms with E-state index in [-0.39, 0.29) is 35.2 Å². The summed E-state index contributed by atoms with van der Waals surface area (Å²) in [6, 6.07) is 9.22. The van der Waals surface area contributed by atoms with Crippen molar-refractivity contribution in [1.82, 2.24) is 5.32 Å². The Morgan fingerprint density at radius 3 is 2.62 bits per heavy atom. The Labute approximate surface area is 175 Å². The van der Waals surface area contributed by atoms with E-state index in [1.54, 1.807) is 12.1 Å². The Kier molecular flexibility index (Phi) is 6.12. The Morgan fingerprint density at radius 1 is 1.38 bits per heavy atom. The van der Waals surface area contributed by atoms with Crippen molar-refractivity contribution >= 4 is 14.2 Å². The maximum Gasteiger partial charge on any atom is 0.251 e. The van der Waals surface area contributed by atoms with E-state index >= 15 is 0 Å². The summed E-state index contributed by atoms with van der Waals surface area (Å²) < 4.78 is 19.5. The molecular weight excluding hydrogens is 382 g/mol. The largest absolute Gasteiger partial charge is 0.408 e. The molecule has 2 fully saturated rings. The monoisotopic (exact) mass is 417 g/mol. The maximum absolute atomic E-state index is 12.5. The zero-order valence-electron chi connectivity index (χ0n) is 18.5. The van der Waals surface area contributed by atoms with Gasteiger partial charge in [0.05, 0.1) is 6.61 Å². The van der Waals surface area contributed by atoms with Crippen LogP contribution in [0.15, 0.2) is 43.0 Å². The molecule has 0 aliphatic carbocycles. The van der Waals surface area contributed by atoms with Gasteiger partial charge in [0.2, 0.25) is 0 Å². The molecule has 0 aromatic heterocycles. The molecule has 5 unspecified atom stereocenters. The van der Waals surface area contributed by atoms with E-state index in [9.17, 15) is 4.79 Å². The Bertz CT molecular complexity index is 745. The first-order valence-electron chi connectivity index (χ1n) is 10.4. The van der Waals surface area contributed by atoms with E-state index in [2.05, 4.69) is 52.7 Å². The molecule has 0 spiro atoms. The predicted molar refractivity (Wildman–Crippen MR) is 118 cm³/mol. The fourth-order valence-corrected chi connectivity index (χ4v) is 5.15. The molecule has 2 bridgehead atoms. The van der Waals surface area contributed by atoms with E-state index < -0.39 is 13.9 Å². The Morgan fingerprint density at radius 2 is 2.03 bits per heavy atom. The van der Waals surface area contributed by atoms with Crippen LogP contribution in [0.5, 0.6) is 0 Å². The van der Waals surface area contributed by atoms with Gasteiger partial charge in [-0.1, -0.05) is 52.0 Å². The number of ether oxygens (including phenoxy) is 2. The summed E-state index contributed by atoms with van der Waals surface area (Å²) in [7, 11) is -2.03. The number of fused-ring (bicyclic) bond motifs is 2. The molecule has 3 rings (SSSR count). The molecule has 29 heavy (non-hydrogen) atoms. The van der Waals surface area contributed by atoms with Crippen LogP contribution in [0.2, 0.25) is 18.1 Å². The molecule has 1 N–H and O–H groups in total. The fourth-order valence-electron chi connectivity index (χ4n) is 3.83. The van der Waals surface area contributed by atoms with Crippen molar-refractivity contribution < 1.29 is 18.7 Å². The van der Waals surface area contributed by atoms with E-state index in [1.807, 2.05) is 24.3 Å². The summed E-state index contributed by atoms with van der Waals surface area (Å²) in [5, 5.41) is 3.09. The van der Waals surface area contributed by atoms with Crippen LogP contribution in [0, 0.1) is 5.92 Å². The lowest BCUT2D eigenvalue weighted by Crippen LogP contribution is -2.53. The highest BCUT2D eigenvalue weighted by molar-refractivity contribution is 6.74. The molecule has 2 aliphatic heterocycles. The summed E-state index contributed by atoms with van der Waals surface area (Å²) in [6.45, 7) is 18.2. The number of amides is 1. The molecule has 2 heterocycles. The van der Waals surface area contributed by atoms with Gasteiger partial charge in [-0.2, -0.15) is 0 Å². The summed E-state index contributed by atoms with van der Waals surface area (Å²) in [4.78, 5) is 12.5. The van der Waals surface area contributed by atoms with Gasteiger partial charge in [-0.3, -0.25) is 4.79 Å². The number of carbonyl (C=O) groups excluding carboxylic acids is 1. The zero-order valence-corrected chi connectivity index (χ0v) is 19.5. The molecular formula is C23H35NO4Si. The number of benzene rings is 1. The molecule has 160 valence electrons. The van der Waals surface area contributed by atoms with Gasteiger partial charge < -0.3 is 19.2 Å². The highest BCUT2D eigenvalue weighted by Gasteiger charge is 2.65. The third-order valence-electron chi connectivity index (χ3n) is 6.87. The SMILES string of the molecule is C=CC(C)C12COC(C(CNC(=O)c3ccccc3)O1)C2O[Si](C)(C)C(C)(C)C. The average molecular weight is 418 g/mol. The van der Waals surface area contributed by atoms with Crippen LogP contribution < -0.4 is 5.32 Å². The zero-order chi connectivity index (χ0) is 21.4. The van der Waals surface area contributed by atoms with Crippen molar-refractivity contribution in [2.24, 2.45) is 5.92 Å². The van der Waals surface area contributed by atoms with E-state index in [0.717, 1.165) is 0 Å². The topological polar surface area (TPSA) is 56.8 Å². The van der Waals surface area contributed by atoms with Crippen molar-refractivity contribution in [3.8, 4) is 0 Å². The van der Waals surface area contributed by atoms with Gasteiger partial charge in [-0.15, -0.1) is 6.58 Å². The minimum Gasteiger partial charge on any atom is -0.408 e. The highest BCUT2D eigenvalue weighted by atomic mass is 28.4. The van der Waals surface area contributed by atoms with Crippen molar-refractivity contribution in [3.05, 3.63) is 48.6 Å². The fraction of sp³-hybridized carbons (Fsp3) is 0.609. The number of hydrogen-bond acceptors (Lipinski definition) is 4. The van der Waals surface area contributed by atoms with Crippen LogP contribution in [-0.2, 0) is 13.9 Å². The van der Waals surface area contributed by atoms with Gasteiger partial charge in [0.15, 0.2) is 8.32 Å². The quantitative estimate of drug-likeness (QED) is 0.534. The van der Waals surface area contributed by atoms with Crippen molar-refractivity contribution in [1.29, 1.82) is 0 Å². The predicted octanol–water partition coefficient (Wildman–Crippen LogP) is 4.17. The highest BCUT2D eigenvalue weighted by Crippen LogP contribution is 2.49. The molecule has 1 amide bonds. The molecule has 2 saturated heterocycles. The first-order chi connectivity index (χ1) is 13.5. The summed E-state index contributed by atoms with van der Waals surface area (Å²) in [5.41, 5.74) is 0.0872. The molecule has 1 aromatic rings. The Balaban J connectivity index is 1.77.